The number of rotatable bonds is 3. The van der Waals surface area contributed by atoms with Crippen molar-refractivity contribution in [3.8, 4) is 0 Å². The van der Waals surface area contributed by atoms with Crippen LogP contribution in [0.2, 0.25) is 0 Å². The summed E-state index contributed by atoms with van der Waals surface area (Å²) < 4.78 is 0. The first-order valence-corrected chi connectivity index (χ1v) is 6.82. The fraction of sp³-hybridized carbons (Fsp3) is 0.625. The maximum atomic E-state index is 5.74. The smallest absolute Gasteiger partial charge is 0.0493 e. The zero-order valence-electron chi connectivity index (χ0n) is 12.2. The van der Waals surface area contributed by atoms with Gasteiger partial charge in [0.15, 0.2) is 0 Å². The Kier molecular flexibility index (Phi) is 3.28. The van der Waals surface area contributed by atoms with Crippen molar-refractivity contribution >= 4 is 0 Å². The highest BCUT2D eigenvalue weighted by Crippen LogP contribution is 2.57. The standard InChI is InChI=1S/C16H26N2/c1-15(2,3)12-8-6-11(7-9-12)14(18-17)13-10-16(13,4)5/h6-9,13-14,18H,10,17H2,1-5H3. The maximum Gasteiger partial charge on any atom is 0.0493 e. The van der Waals surface area contributed by atoms with Crippen LogP contribution >= 0.6 is 0 Å². The molecule has 2 nitrogen and oxygen atoms in total. The monoisotopic (exact) mass is 246 g/mol. The molecule has 0 heterocycles. The Hall–Kier alpha value is -0.860. The van der Waals surface area contributed by atoms with Gasteiger partial charge in [-0.1, -0.05) is 58.9 Å². The summed E-state index contributed by atoms with van der Waals surface area (Å²) in [4.78, 5) is 0. The summed E-state index contributed by atoms with van der Waals surface area (Å²) in [5.41, 5.74) is 6.31. The van der Waals surface area contributed by atoms with Gasteiger partial charge in [-0.3, -0.25) is 11.3 Å². The topological polar surface area (TPSA) is 38.0 Å². The lowest BCUT2D eigenvalue weighted by Crippen LogP contribution is -2.30. The van der Waals surface area contributed by atoms with Crippen molar-refractivity contribution in [2.75, 3.05) is 0 Å². The molecule has 1 aliphatic carbocycles. The van der Waals surface area contributed by atoms with Gasteiger partial charge >= 0.3 is 0 Å². The first-order valence-electron chi connectivity index (χ1n) is 6.82. The van der Waals surface area contributed by atoms with Crippen molar-refractivity contribution < 1.29 is 0 Å². The van der Waals surface area contributed by atoms with Gasteiger partial charge < -0.3 is 0 Å². The molecule has 1 aromatic rings. The van der Waals surface area contributed by atoms with Crippen LogP contribution in [0.25, 0.3) is 0 Å². The predicted molar refractivity (Wildman–Crippen MR) is 77.1 cm³/mol. The van der Waals surface area contributed by atoms with Crippen LogP contribution in [0.5, 0.6) is 0 Å². The van der Waals surface area contributed by atoms with Crippen LogP contribution in [0, 0.1) is 11.3 Å². The third kappa shape index (κ3) is 2.60. The van der Waals surface area contributed by atoms with E-state index < -0.39 is 0 Å². The molecule has 0 radical (unpaired) electrons. The number of hydrazine groups is 1. The lowest BCUT2D eigenvalue weighted by Gasteiger charge is -2.22. The Morgan fingerprint density at radius 3 is 2.06 bits per heavy atom. The molecular weight excluding hydrogens is 220 g/mol. The highest BCUT2D eigenvalue weighted by Gasteiger charge is 2.50. The Balaban J connectivity index is 2.18. The summed E-state index contributed by atoms with van der Waals surface area (Å²) in [5, 5.41) is 0. The molecule has 0 aliphatic heterocycles. The molecule has 1 saturated carbocycles. The minimum atomic E-state index is 0.211. The lowest BCUT2D eigenvalue weighted by molar-refractivity contribution is 0.422. The van der Waals surface area contributed by atoms with E-state index in [1.807, 2.05) is 0 Å². The fourth-order valence-corrected chi connectivity index (χ4v) is 2.71. The van der Waals surface area contributed by atoms with E-state index in [1.54, 1.807) is 0 Å². The lowest BCUT2D eigenvalue weighted by atomic mass is 9.85. The van der Waals surface area contributed by atoms with Gasteiger partial charge in [-0.15, -0.1) is 0 Å². The molecule has 0 spiro atoms. The Morgan fingerprint density at radius 1 is 1.22 bits per heavy atom. The van der Waals surface area contributed by atoms with Crippen LogP contribution in [0.15, 0.2) is 24.3 Å². The molecule has 2 rings (SSSR count). The van der Waals surface area contributed by atoms with Crippen molar-refractivity contribution in [3.05, 3.63) is 35.4 Å². The average Bonchev–Trinajstić information content (AvgIpc) is 2.88. The maximum absolute atomic E-state index is 5.74. The summed E-state index contributed by atoms with van der Waals surface area (Å²) in [5.74, 6) is 6.40. The molecule has 0 bridgehead atoms. The number of hydrogen-bond donors (Lipinski definition) is 2. The molecule has 18 heavy (non-hydrogen) atoms. The van der Waals surface area contributed by atoms with Gasteiger partial charge in [0, 0.05) is 6.04 Å². The summed E-state index contributed by atoms with van der Waals surface area (Å²) in [6.07, 6.45) is 1.25. The Bertz CT molecular complexity index is 412. The predicted octanol–water partition coefficient (Wildman–Crippen LogP) is 3.53. The van der Waals surface area contributed by atoms with Crippen molar-refractivity contribution in [3.63, 3.8) is 0 Å². The van der Waals surface area contributed by atoms with Gasteiger partial charge in [0.1, 0.15) is 0 Å². The van der Waals surface area contributed by atoms with E-state index in [0.29, 0.717) is 11.3 Å². The zero-order valence-corrected chi connectivity index (χ0v) is 12.2. The minimum absolute atomic E-state index is 0.211. The number of hydrogen-bond acceptors (Lipinski definition) is 2. The van der Waals surface area contributed by atoms with Crippen molar-refractivity contribution in [2.24, 2.45) is 17.2 Å². The summed E-state index contributed by atoms with van der Waals surface area (Å²) in [6, 6.07) is 9.19. The highest BCUT2D eigenvalue weighted by molar-refractivity contribution is 5.30. The van der Waals surface area contributed by atoms with E-state index in [0.717, 1.165) is 0 Å². The normalized spacial score (nSPS) is 23.8. The van der Waals surface area contributed by atoms with Gasteiger partial charge in [-0.2, -0.15) is 0 Å². The molecule has 1 aliphatic rings. The minimum Gasteiger partial charge on any atom is -0.271 e. The molecular formula is C16H26N2. The molecule has 2 atom stereocenters. The Labute approximate surface area is 111 Å². The first-order chi connectivity index (χ1) is 8.25. The quantitative estimate of drug-likeness (QED) is 0.632. The molecule has 0 aromatic heterocycles. The van der Waals surface area contributed by atoms with Crippen LogP contribution in [0.1, 0.15) is 58.2 Å². The molecule has 100 valence electrons. The van der Waals surface area contributed by atoms with Crippen LogP contribution in [0.4, 0.5) is 0 Å². The first kappa shape index (κ1) is 13.6. The molecule has 3 N–H and O–H groups in total. The number of benzene rings is 1. The molecule has 0 saturated heterocycles. The van der Waals surface area contributed by atoms with Gasteiger partial charge in [-0.05, 0) is 34.3 Å². The van der Waals surface area contributed by atoms with E-state index in [4.69, 9.17) is 5.84 Å². The van der Waals surface area contributed by atoms with Gasteiger partial charge in [0.2, 0.25) is 0 Å². The van der Waals surface area contributed by atoms with Gasteiger partial charge in [0.25, 0.3) is 0 Å². The second-order valence-electron chi connectivity index (χ2n) is 7.32. The molecule has 1 aromatic carbocycles. The molecule has 0 amide bonds. The van der Waals surface area contributed by atoms with E-state index >= 15 is 0 Å². The second kappa shape index (κ2) is 4.36. The molecule has 2 unspecified atom stereocenters. The zero-order chi connectivity index (χ0) is 13.6. The van der Waals surface area contributed by atoms with Crippen molar-refractivity contribution in [2.45, 2.75) is 52.5 Å². The second-order valence-corrected chi connectivity index (χ2v) is 7.32. The van der Waals surface area contributed by atoms with Crippen molar-refractivity contribution in [1.82, 2.24) is 5.43 Å². The Morgan fingerprint density at radius 2 is 1.72 bits per heavy atom. The van der Waals surface area contributed by atoms with Gasteiger partial charge in [-0.25, -0.2) is 0 Å². The highest BCUT2D eigenvalue weighted by atomic mass is 15.2. The number of nitrogens with one attached hydrogen (secondary N) is 1. The summed E-state index contributed by atoms with van der Waals surface area (Å²) >= 11 is 0. The van der Waals surface area contributed by atoms with Crippen LogP contribution in [-0.4, -0.2) is 0 Å². The van der Waals surface area contributed by atoms with E-state index in [2.05, 4.69) is 64.3 Å². The number of nitrogens with two attached hydrogens (primary N) is 1. The average molecular weight is 246 g/mol. The fourth-order valence-electron chi connectivity index (χ4n) is 2.71. The summed E-state index contributed by atoms with van der Waals surface area (Å²) in [6.45, 7) is 11.3. The summed E-state index contributed by atoms with van der Waals surface area (Å²) in [7, 11) is 0. The third-order valence-corrected chi connectivity index (χ3v) is 4.31. The van der Waals surface area contributed by atoms with Crippen molar-refractivity contribution in [1.29, 1.82) is 0 Å². The van der Waals surface area contributed by atoms with E-state index in [-0.39, 0.29) is 11.5 Å². The largest absolute Gasteiger partial charge is 0.271 e. The van der Waals surface area contributed by atoms with Crippen LogP contribution in [0.3, 0.4) is 0 Å². The molecule has 1 fully saturated rings. The van der Waals surface area contributed by atoms with Crippen LogP contribution in [-0.2, 0) is 5.41 Å². The third-order valence-electron chi connectivity index (χ3n) is 4.31. The van der Waals surface area contributed by atoms with Crippen LogP contribution < -0.4 is 11.3 Å². The molecule has 2 heteroatoms. The van der Waals surface area contributed by atoms with E-state index in [9.17, 15) is 0 Å². The SMILES string of the molecule is CC(C)(C)c1ccc(C(NN)C2CC2(C)C)cc1. The van der Waals surface area contributed by atoms with E-state index in [1.165, 1.54) is 17.5 Å². The van der Waals surface area contributed by atoms with Gasteiger partial charge in [0.05, 0.1) is 0 Å².